The lowest BCUT2D eigenvalue weighted by molar-refractivity contribution is -0.380. The van der Waals surface area contributed by atoms with Crippen LogP contribution in [0.4, 0.5) is 5.00 Å². The van der Waals surface area contributed by atoms with Gasteiger partial charge in [0.1, 0.15) is 0 Å². The highest BCUT2D eigenvalue weighted by Gasteiger charge is 2.16. The van der Waals surface area contributed by atoms with Crippen LogP contribution in [0.5, 0.6) is 0 Å². The summed E-state index contributed by atoms with van der Waals surface area (Å²) in [6.07, 6.45) is 1.03. The third-order valence-corrected chi connectivity index (χ3v) is 2.68. The van der Waals surface area contributed by atoms with Gasteiger partial charge in [0.2, 0.25) is 0 Å². The molecule has 1 rings (SSSR count). The summed E-state index contributed by atoms with van der Waals surface area (Å²) >= 11 is 4.07. The summed E-state index contributed by atoms with van der Waals surface area (Å²) in [5, 5.41) is 21.2. The second kappa shape index (κ2) is 3.63. The van der Waals surface area contributed by atoms with Crippen LogP contribution in [0.2, 0.25) is 0 Å². The van der Waals surface area contributed by atoms with Crippen molar-refractivity contribution in [3.63, 3.8) is 0 Å². The highest BCUT2D eigenvalue weighted by atomic mass is 79.9. The zero-order valence-corrected chi connectivity index (χ0v) is 8.00. The number of hydrogen-bond acceptors (Lipinski definition) is 5. The van der Waals surface area contributed by atoms with Crippen LogP contribution in [-0.4, -0.2) is 16.3 Å². The number of nitro groups is 1. The molecule has 64 valence electrons. The molecule has 0 aromatic carbocycles. The van der Waals surface area contributed by atoms with Crippen LogP contribution in [0.1, 0.15) is 5.56 Å². The van der Waals surface area contributed by atoms with Gasteiger partial charge in [-0.3, -0.25) is 10.1 Å². The van der Waals surface area contributed by atoms with Crippen molar-refractivity contribution in [1.82, 2.24) is 0 Å². The van der Waals surface area contributed by atoms with Crippen LogP contribution in [-0.2, 0) is 0 Å². The molecular weight excluding hydrogens is 248 g/mol. The smallest absolute Gasteiger partial charge is 0.334 e. The summed E-state index contributed by atoms with van der Waals surface area (Å²) < 4.78 is 0.629. The fourth-order valence-electron chi connectivity index (χ4n) is 0.662. The number of hydrogen-bond donors (Lipinski definition) is 1. The van der Waals surface area contributed by atoms with Crippen molar-refractivity contribution in [2.75, 3.05) is 0 Å². The second-order valence-electron chi connectivity index (χ2n) is 1.81. The van der Waals surface area contributed by atoms with Gasteiger partial charge in [-0.25, -0.2) is 0 Å². The van der Waals surface area contributed by atoms with E-state index in [1.807, 2.05) is 0 Å². The Balaban J connectivity index is 3.17. The Labute approximate surface area is 79.6 Å². The van der Waals surface area contributed by atoms with Gasteiger partial charge in [-0.1, -0.05) is 16.5 Å². The van der Waals surface area contributed by atoms with E-state index >= 15 is 0 Å². The molecule has 0 spiro atoms. The van der Waals surface area contributed by atoms with Crippen LogP contribution in [0.15, 0.2) is 15.0 Å². The first-order valence-electron chi connectivity index (χ1n) is 2.76. The minimum atomic E-state index is -0.521. The second-order valence-corrected chi connectivity index (χ2v) is 4.22. The summed E-state index contributed by atoms with van der Waals surface area (Å²) in [4.78, 5) is 9.84. The van der Waals surface area contributed by atoms with E-state index in [1.165, 1.54) is 6.07 Å². The Hall–Kier alpha value is -0.950. The molecule has 1 N–H and O–H groups in total. The van der Waals surface area contributed by atoms with E-state index in [0.717, 1.165) is 17.6 Å². The van der Waals surface area contributed by atoms with E-state index in [-0.39, 0.29) is 5.00 Å². The highest BCUT2D eigenvalue weighted by Crippen LogP contribution is 2.32. The third-order valence-electron chi connectivity index (χ3n) is 1.07. The van der Waals surface area contributed by atoms with E-state index in [4.69, 9.17) is 5.21 Å². The molecule has 0 amide bonds. The monoisotopic (exact) mass is 250 g/mol. The SMILES string of the molecule is O=[N+]([O-])c1sc(Br)cc1/C=N\O. The summed E-state index contributed by atoms with van der Waals surface area (Å²) in [5.41, 5.74) is 0.291. The molecule has 0 aliphatic heterocycles. The minimum absolute atomic E-state index is 0.0420. The van der Waals surface area contributed by atoms with Gasteiger partial charge < -0.3 is 5.21 Å². The quantitative estimate of drug-likeness (QED) is 0.379. The molecular formula is C5H3BrN2O3S. The van der Waals surface area contributed by atoms with Gasteiger partial charge in [-0.05, 0) is 22.0 Å². The van der Waals surface area contributed by atoms with Gasteiger partial charge in [0.05, 0.1) is 20.5 Å². The number of oxime groups is 1. The van der Waals surface area contributed by atoms with E-state index in [1.54, 1.807) is 0 Å². The van der Waals surface area contributed by atoms with Gasteiger partial charge in [-0.15, -0.1) is 0 Å². The Morgan fingerprint density at radius 1 is 1.83 bits per heavy atom. The molecule has 7 heteroatoms. The third kappa shape index (κ3) is 1.80. The van der Waals surface area contributed by atoms with Crippen molar-refractivity contribution in [2.45, 2.75) is 0 Å². The van der Waals surface area contributed by atoms with Crippen molar-refractivity contribution in [2.24, 2.45) is 5.16 Å². The highest BCUT2D eigenvalue weighted by molar-refractivity contribution is 9.11. The summed E-state index contributed by atoms with van der Waals surface area (Å²) in [7, 11) is 0. The normalized spacial score (nSPS) is 10.8. The molecule has 0 radical (unpaired) electrons. The van der Waals surface area contributed by atoms with Crippen molar-refractivity contribution in [1.29, 1.82) is 0 Å². The van der Waals surface area contributed by atoms with Crippen molar-refractivity contribution >= 4 is 38.5 Å². The van der Waals surface area contributed by atoms with Gasteiger partial charge in [0.25, 0.3) is 0 Å². The first kappa shape index (κ1) is 9.14. The maximum atomic E-state index is 10.4. The standard InChI is InChI=1S/C5H3BrN2O3S/c6-4-1-3(2-7-9)5(12-4)8(10)11/h1-2,9H/b7-2-. The van der Waals surface area contributed by atoms with Crippen LogP contribution in [0, 0.1) is 10.1 Å². The van der Waals surface area contributed by atoms with Crippen LogP contribution < -0.4 is 0 Å². The van der Waals surface area contributed by atoms with Gasteiger partial charge in [0.15, 0.2) is 0 Å². The average Bonchev–Trinajstić information content (AvgIpc) is 2.32. The van der Waals surface area contributed by atoms with Crippen molar-refractivity contribution < 1.29 is 10.1 Å². The number of nitrogens with zero attached hydrogens (tertiary/aromatic N) is 2. The molecule has 0 bridgehead atoms. The Morgan fingerprint density at radius 2 is 2.50 bits per heavy atom. The zero-order chi connectivity index (χ0) is 9.14. The predicted molar refractivity (Wildman–Crippen MR) is 48.1 cm³/mol. The average molecular weight is 251 g/mol. The summed E-state index contributed by atoms with van der Waals surface area (Å²) in [6.45, 7) is 0. The minimum Gasteiger partial charge on any atom is -0.411 e. The molecule has 1 heterocycles. The Morgan fingerprint density at radius 3 is 3.00 bits per heavy atom. The molecule has 0 unspecified atom stereocenters. The Bertz CT molecular complexity index is 335. The van der Waals surface area contributed by atoms with Gasteiger partial charge in [-0.2, -0.15) is 0 Å². The van der Waals surface area contributed by atoms with E-state index in [2.05, 4.69) is 21.1 Å². The largest absolute Gasteiger partial charge is 0.411 e. The first-order chi connectivity index (χ1) is 5.65. The van der Waals surface area contributed by atoms with Crippen LogP contribution in [0.3, 0.4) is 0 Å². The summed E-state index contributed by atoms with van der Waals surface area (Å²) in [5.74, 6) is 0. The molecule has 0 aliphatic carbocycles. The van der Waals surface area contributed by atoms with Gasteiger partial charge >= 0.3 is 5.00 Å². The van der Waals surface area contributed by atoms with Crippen molar-refractivity contribution in [3.05, 3.63) is 25.5 Å². The van der Waals surface area contributed by atoms with E-state index < -0.39 is 4.92 Å². The maximum absolute atomic E-state index is 10.4. The lowest BCUT2D eigenvalue weighted by atomic mass is 10.3. The van der Waals surface area contributed by atoms with E-state index in [9.17, 15) is 10.1 Å². The lowest BCUT2D eigenvalue weighted by Crippen LogP contribution is -1.88. The molecule has 1 aromatic heterocycles. The van der Waals surface area contributed by atoms with Crippen LogP contribution >= 0.6 is 27.3 Å². The topological polar surface area (TPSA) is 75.7 Å². The zero-order valence-electron chi connectivity index (χ0n) is 5.60. The molecule has 5 nitrogen and oxygen atoms in total. The molecule has 1 aromatic rings. The first-order valence-corrected chi connectivity index (χ1v) is 4.37. The van der Waals surface area contributed by atoms with Crippen LogP contribution in [0.25, 0.3) is 0 Å². The lowest BCUT2D eigenvalue weighted by Gasteiger charge is -1.84. The van der Waals surface area contributed by atoms with Crippen molar-refractivity contribution in [3.8, 4) is 0 Å². The fourth-order valence-corrected chi connectivity index (χ4v) is 2.04. The van der Waals surface area contributed by atoms with Gasteiger partial charge in [0, 0.05) is 0 Å². The molecule has 0 atom stereocenters. The molecule has 0 aliphatic rings. The number of thiophene rings is 1. The summed E-state index contributed by atoms with van der Waals surface area (Å²) in [6, 6.07) is 1.52. The molecule has 12 heavy (non-hydrogen) atoms. The number of rotatable bonds is 2. The number of halogens is 1. The van der Waals surface area contributed by atoms with E-state index in [0.29, 0.717) is 9.35 Å². The molecule has 0 saturated heterocycles. The fraction of sp³-hybridized carbons (Fsp3) is 0. The Kier molecular flexibility index (Phi) is 2.77. The molecule has 0 fully saturated rings. The molecule has 0 saturated carbocycles. The maximum Gasteiger partial charge on any atom is 0.334 e. The predicted octanol–water partition coefficient (Wildman–Crippen LogP) is 2.23.